The smallest absolute Gasteiger partial charge is 0.101 e. The highest BCUT2D eigenvalue weighted by Crippen LogP contribution is 2.25. The lowest BCUT2D eigenvalue weighted by atomic mass is 9.92. The molecule has 0 aliphatic heterocycles. The van der Waals surface area contributed by atoms with Crippen molar-refractivity contribution in [2.75, 3.05) is 6.54 Å². The summed E-state index contributed by atoms with van der Waals surface area (Å²) in [7, 11) is 0. The van der Waals surface area contributed by atoms with Crippen molar-refractivity contribution < 1.29 is 4.42 Å². The van der Waals surface area contributed by atoms with Crippen LogP contribution in [-0.4, -0.2) is 6.54 Å². The number of likely N-dealkylation sites (N-methyl/N-ethyl adjacent to an activating group) is 1. The third kappa shape index (κ3) is 3.31. The molecule has 1 aromatic carbocycles. The van der Waals surface area contributed by atoms with Crippen LogP contribution in [0.4, 0.5) is 0 Å². The molecule has 2 rings (SSSR count). The Morgan fingerprint density at radius 2 is 1.70 bits per heavy atom. The third-order valence-electron chi connectivity index (χ3n) is 3.85. The molecule has 0 radical (unpaired) electrons. The number of hydrogen-bond acceptors (Lipinski definition) is 2. The van der Waals surface area contributed by atoms with Crippen molar-refractivity contribution in [2.45, 2.75) is 47.1 Å². The lowest BCUT2D eigenvalue weighted by molar-refractivity contribution is 0.510. The van der Waals surface area contributed by atoms with Crippen molar-refractivity contribution in [3.63, 3.8) is 0 Å². The Morgan fingerprint density at radius 1 is 1.05 bits per heavy atom. The standard InChI is InChI=1S/C18H25NO/c1-6-19-18(16-9-15(5)20-11-16)10-17-13(3)7-12(2)8-14(17)4/h7-9,11,18-19H,6,10H2,1-5H3. The monoisotopic (exact) mass is 271 g/mol. The largest absolute Gasteiger partial charge is 0.469 e. The number of nitrogens with one attached hydrogen (secondary N) is 1. The van der Waals surface area contributed by atoms with Crippen LogP contribution >= 0.6 is 0 Å². The lowest BCUT2D eigenvalue weighted by Crippen LogP contribution is -2.23. The topological polar surface area (TPSA) is 25.2 Å². The van der Waals surface area contributed by atoms with E-state index in [0.717, 1.165) is 18.7 Å². The quantitative estimate of drug-likeness (QED) is 0.871. The van der Waals surface area contributed by atoms with Crippen molar-refractivity contribution >= 4 is 0 Å². The maximum absolute atomic E-state index is 5.47. The van der Waals surface area contributed by atoms with Gasteiger partial charge in [0.2, 0.25) is 0 Å². The zero-order valence-electron chi connectivity index (χ0n) is 13.2. The number of aryl methyl sites for hydroxylation is 4. The zero-order chi connectivity index (χ0) is 14.7. The van der Waals surface area contributed by atoms with Crippen LogP contribution in [0.3, 0.4) is 0 Å². The van der Waals surface area contributed by atoms with E-state index in [1.807, 2.05) is 13.2 Å². The highest BCUT2D eigenvalue weighted by atomic mass is 16.3. The predicted octanol–water partition coefficient (Wildman–Crippen LogP) is 4.41. The molecular weight excluding hydrogens is 246 g/mol. The molecule has 1 heterocycles. The maximum Gasteiger partial charge on any atom is 0.101 e. The van der Waals surface area contributed by atoms with E-state index in [9.17, 15) is 0 Å². The van der Waals surface area contributed by atoms with E-state index in [1.165, 1.54) is 27.8 Å². The molecule has 1 N–H and O–H groups in total. The second-order valence-corrected chi connectivity index (χ2v) is 5.68. The van der Waals surface area contributed by atoms with Gasteiger partial charge < -0.3 is 9.73 Å². The average molecular weight is 271 g/mol. The average Bonchev–Trinajstić information content (AvgIpc) is 2.79. The van der Waals surface area contributed by atoms with Crippen LogP contribution in [0, 0.1) is 27.7 Å². The first-order valence-corrected chi connectivity index (χ1v) is 7.36. The van der Waals surface area contributed by atoms with Gasteiger partial charge in [0, 0.05) is 11.6 Å². The molecule has 2 nitrogen and oxygen atoms in total. The lowest BCUT2D eigenvalue weighted by Gasteiger charge is -2.20. The summed E-state index contributed by atoms with van der Waals surface area (Å²) in [5, 5.41) is 3.57. The molecule has 1 unspecified atom stereocenters. The normalized spacial score (nSPS) is 12.7. The summed E-state index contributed by atoms with van der Waals surface area (Å²) in [6.07, 6.45) is 2.88. The Hall–Kier alpha value is -1.54. The first kappa shape index (κ1) is 14.9. The van der Waals surface area contributed by atoms with Gasteiger partial charge in [-0.3, -0.25) is 0 Å². The number of benzene rings is 1. The molecule has 2 heteroatoms. The molecule has 108 valence electrons. The minimum atomic E-state index is 0.317. The van der Waals surface area contributed by atoms with Crippen LogP contribution in [-0.2, 0) is 6.42 Å². The molecule has 0 fully saturated rings. The Balaban J connectivity index is 2.29. The molecule has 0 aliphatic rings. The molecule has 0 saturated carbocycles. The summed E-state index contributed by atoms with van der Waals surface area (Å²) in [4.78, 5) is 0. The minimum Gasteiger partial charge on any atom is -0.469 e. The van der Waals surface area contributed by atoms with Crippen LogP contribution < -0.4 is 5.32 Å². The number of hydrogen-bond donors (Lipinski definition) is 1. The van der Waals surface area contributed by atoms with Crippen molar-refractivity contribution in [3.8, 4) is 0 Å². The first-order chi connectivity index (χ1) is 9.51. The van der Waals surface area contributed by atoms with Gasteiger partial charge in [-0.2, -0.15) is 0 Å². The summed E-state index contributed by atoms with van der Waals surface area (Å²) in [5.41, 5.74) is 6.78. The number of rotatable bonds is 5. The van der Waals surface area contributed by atoms with E-state index >= 15 is 0 Å². The summed E-state index contributed by atoms with van der Waals surface area (Å²) >= 11 is 0. The van der Waals surface area contributed by atoms with Crippen LogP contribution in [0.1, 0.15) is 46.5 Å². The highest BCUT2D eigenvalue weighted by molar-refractivity contribution is 5.38. The molecule has 0 aliphatic carbocycles. The van der Waals surface area contributed by atoms with Crippen LogP contribution in [0.15, 0.2) is 28.9 Å². The minimum absolute atomic E-state index is 0.317. The summed E-state index contributed by atoms with van der Waals surface area (Å²) < 4.78 is 5.47. The fourth-order valence-corrected chi connectivity index (χ4v) is 2.94. The van der Waals surface area contributed by atoms with E-state index in [0.29, 0.717) is 6.04 Å². The van der Waals surface area contributed by atoms with Crippen molar-refractivity contribution in [3.05, 3.63) is 58.0 Å². The second kappa shape index (κ2) is 6.27. The predicted molar refractivity (Wildman–Crippen MR) is 84.2 cm³/mol. The first-order valence-electron chi connectivity index (χ1n) is 7.36. The van der Waals surface area contributed by atoms with Gasteiger partial charge in [-0.1, -0.05) is 24.6 Å². The van der Waals surface area contributed by atoms with E-state index in [1.54, 1.807) is 0 Å². The fraction of sp³-hybridized carbons (Fsp3) is 0.444. The molecule has 0 saturated heterocycles. The van der Waals surface area contributed by atoms with Crippen LogP contribution in [0.2, 0.25) is 0 Å². The van der Waals surface area contributed by atoms with Crippen molar-refractivity contribution in [1.82, 2.24) is 5.32 Å². The van der Waals surface area contributed by atoms with Gasteiger partial charge in [0.25, 0.3) is 0 Å². The van der Waals surface area contributed by atoms with Gasteiger partial charge in [0.1, 0.15) is 5.76 Å². The Kier molecular flexibility index (Phi) is 4.66. The Labute approximate surface area is 122 Å². The summed E-state index contributed by atoms with van der Waals surface area (Å²) in [5.74, 6) is 0.972. The maximum atomic E-state index is 5.47. The SMILES string of the molecule is CCNC(Cc1c(C)cc(C)cc1C)c1coc(C)c1. The molecule has 0 spiro atoms. The van der Waals surface area contributed by atoms with Gasteiger partial charge in [-0.15, -0.1) is 0 Å². The van der Waals surface area contributed by atoms with Crippen LogP contribution in [0.25, 0.3) is 0 Å². The van der Waals surface area contributed by atoms with Gasteiger partial charge >= 0.3 is 0 Å². The van der Waals surface area contributed by atoms with Crippen molar-refractivity contribution in [1.29, 1.82) is 0 Å². The van der Waals surface area contributed by atoms with E-state index < -0.39 is 0 Å². The highest BCUT2D eigenvalue weighted by Gasteiger charge is 2.16. The molecular formula is C18H25NO. The molecule has 1 atom stereocenters. The van der Waals surface area contributed by atoms with Gasteiger partial charge in [-0.25, -0.2) is 0 Å². The zero-order valence-corrected chi connectivity index (χ0v) is 13.2. The molecule has 1 aromatic heterocycles. The van der Waals surface area contributed by atoms with Gasteiger partial charge in [0.15, 0.2) is 0 Å². The van der Waals surface area contributed by atoms with Crippen molar-refractivity contribution in [2.24, 2.45) is 0 Å². The van der Waals surface area contributed by atoms with E-state index in [-0.39, 0.29) is 0 Å². The molecule has 2 aromatic rings. The van der Waals surface area contributed by atoms with E-state index in [4.69, 9.17) is 4.42 Å². The van der Waals surface area contributed by atoms with Gasteiger partial charge in [0.05, 0.1) is 6.26 Å². The molecule has 0 amide bonds. The fourth-order valence-electron chi connectivity index (χ4n) is 2.94. The third-order valence-corrected chi connectivity index (χ3v) is 3.85. The van der Waals surface area contributed by atoms with Gasteiger partial charge in [-0.05, 0) is 63.4 Å². The van der Waals surface area contributed by atoms with Crippen LogP contribution in [0.5, 0.6) is 0 Å². The molecule has 20 heavy (non-hydrogen) atoms. The second-order valence-electron chi connectivity index (χ2n) is 5.68. The Bertz CT molecular complexity index is 560. The molecule has 0 bridgehead atoms. The summed E-state index contributed by atoms with van der Waals surface area (Å²) in [6.45, 7) is 11.7. The number of furan rings is 1. The van der Waals surface area contributed by atoms with E-state index in [2.05, 4.69) is 51.2 Å². The Morgan fingerprint density at radius 3 is 2.20 bits per heavy atom. The summed E-state index contributed by atoms with van der Waals surface area (Å²) in [6, 6.07) is 6.99.